The van der Waals surface area contributed by atoms with Crippen molar-refractivity contribution < 1.29 is 0 Å². The first-order valence-electron chi connectivity index (χ1n) is 5.21. The Labute approximate surface area is 75.1 Å². The van der Waals surface area contributed by atoms with E-state index in [9.17, 15) is 0 Å². The molecule has 0 amide bonds. The van der Waals surface area contributed by atoms with Gasteiger partial charge >= 0.3 is 0 Å². The molecular formula is C10H20N2. The molecule has 2 nitrogen and oxygen atoms in total. The number of hydrogen-bond acceptors (Lipinski definition) is 2. The van der Waals surface area contributed by atoms with Gasteiger partial charge in [0.15, 0.2) is 0 Å². The van der Waals surface area contributed by atoms with Crippen molar-refractivity contribution in [1.82, 2.24) is 10.6 Å². The Bertz CT molecular complexity index is 156. The zero-order chi connectivity index (χ0) is 8.55. The van der Waals surface area contributed by atoms with Gasteiger partial charge in [0, 0.05) is 6.04 Å². The van der Waals surface area contributed by atoms with Crippen molar-refractivity contribution >= 4 is 0 Å². The lowest BCUT2D eigenvalue weighted by Gasteiger charge is -2.19. The van der Waals surface area contributed by atoms with Crippen molar-refractivity contribution in [3.8, 4) is 0 Å². The quantitative estimate of drug-likeness (QED) is 0.638. The molecule has 70 valence electrons. The molecule has 0 spiro atoms. The van der Waals surface area contributed by atoms with Gasteiger partial charge in [0.25, 0.3) is 0 Å². The SMILES string of the molecule is CC(C)CC1NCC2CNCC21. The molecular weight excluding hydrogens is 148 g/mol. The van der Waals surface area contributed by atoms with Gasteiger partial charge in [-0.3, -0.25) is 0 Å². The fourth-order valence-corrected chi connectivity index (χ4v) is 2.67. The second-order valence-electron chi connectivity index (χ2n) is 4.73. The molecule has 3 atom stereocenters. The summed E-state index contributed by atoms with van der Waals surface area (Å²) in [5, 5.41) is 7.14. The summed E-state index contributed by atoms with van der Waals surface area (Å²) in [5.74, 6) is 2.68. The average molecular weight is 168 g/mol. The summed E-state index contributed by atoms with van der Waals surface area (Å²) < 4.78 is 0. The molecule has 3 unspecified atom stereocenters. The zero-order valence-electron chi connectivity index (χ0n) is 8.14. The average Bonchev–Trinajstić information content (AvgIpc) is 2.52. The summed E-state index contributed by atoms with van der Waals surface area (Å²) in [6, 6.07) is 0.796. The number of fused-ring (bicyclic) bond motifs is 1. The van der Waals surface area contributed by atoms with Gasteiger partial charge in [0.05, 0.1) is 0 Å². The second-order valence-corrected chi connectivity index (χ2v) is 4.73. The van der Waals surface area contributed by atoms with Crippen molar-refractivity contribution in [2.75, 3.05) is 19.6 Å². The Kier molecular flexibility index (Phi) is 2.37. The van der Waals surface area contributed by atoms with Crippen LogP contribution in [0.3, 0.4) is 0 Å². The van der Waals surface area contributed by atoms with Gasteiger partial charge in [0.1, 0.15) is 0 Å². The van der Waals surface area contributed by atoms with Crippen LogP contribution >= 0.6 is 0 Å². The van der Waals surface area contributed by atoms with Crippen LogP contribution in [0.4, 0.5) is 0 Å². The minimum Gasteiger partial charge on any atom is -0.316 e. The van der Waals surface area contributed by atoms with E-state index in [1.807, 2.05) is 0 Å². The minimum absolute atomic E-state index is 0.796. The molecule has 0 aromatic rings. The standard InChI is InChI=1S/C10H20N2/c1-7(2)3-10-9-6-11-4-8(9)5-12-10/h7-12H,3-6H2,1-2H3. The molecule has 0 aliphatic carbocycles. The van der Waals surface area contributed by atoms with E-state index in [1.54, 1.807) is 0 Å². The Balaban J connectivity index is 1.91. The van der Waals surface area contributed by atoms with E-state index in [0.717, 1.165) is 23.8 Å². The van der Waals surface area contributed by atoms with Crippen LogP contribution in [0.25, 0.3) is 0 Å². The Morgan fingerprint density at radius 3 is 2.83 bits per heavy atom. The molecule has 2 aliphatic rings. The highest BCUT2D eigenvalue weighted by molar-refractivity contribution is 4.96. The maximum absolute atomic E-state index is 3.65. The van der Waals surface area contributed by atoms with Crippen molar-refractivity contribution in [1.29, 1.82) is 0 Å². The molecule has 0 bridgehead atoms. The lowest BCUT2D eigenvalue weighted by atomic mass is 9.89. The number of nitrogens with one attached hydrogen (secondary N) is 2. The Morgan fingerprint density at radius 2 is 2.08 bits per heavy atom. The molecule has 2 heteroatoms. The maximum atomic E-state index is 3.65. The summed E-state index contributed by atoms with van der Waals surface area (Å²) in [7, 11) is 0. The van der Waals surface area contributed by atoms with Crippen molar-refractivity contribution in [2.24, 2.45) is 17.8 Å². The molecule has 2 saturated heterocycles. The molecule has 2 heterocycles. The topological polar surface area (TPSA) is 24.1 Å². The molecule has 2 N–H and O–H groups in total. The third-order valence-electron chi connectivity index (χ3n) is 3.28. The number of rotatable bonds is 2. The third kappa shape index (κ3) is 1.50. The molecule has 2 fully saturated rings. The van der Waals surface area contributed by atoms with Crippen LogP contribution in [0, 0.1) is 17.8 Å². The zero-order valence-corrected chi connectivity index (χ0v) is 8.14. The van der Waals surface area contributed by atoms with E-state index < -0.39 is 0 Å². The molecule has 2 rings (SSSR count). The second kappa shape index (κ2) is 3.35. The summed E-state index contributed by atoms with van der Waals surface area (Å²) in [6.07, 6.45) is 1.35. The van der Waals surface area contributed by atoms with E-state index in [2.05, 4.69) is 24.5 Å². The van der Waals surface area contributed by atoms with Crippen molar-refractivity contribution in [3.05, 3.63) is 0 Å². The Morgan fingerprint density at radius 1 is 1.25 bits per heavy atom. The highest BCUT2D eigenvalue weighted by atomic mass is 15.0. The van der Waals surface area contributed by atoms with Crippen LogP contribution in [0.1, 0.15) is 20.3 Å². The summed E-state index contributed by atoms with van der Waals surface area (Å²) in [6.45, 7) is 8.37. The van der Waals surface area contributed by atoms with Crippen molar-refractivity contribution in [3.63, 3.8) is 0 Å². The van der Waals surface area contributed by atoms with E-state index in [4.69, 9.17) is 0 Å². The van der Waals surface area contributed by atoms with Crippen molar-refractivity contribution in [2.45, 2.75) is 26.3 Å². The first kappa shape index (κ1) is 8.52. The fourth-order valence-electron chi connectivity index (χ4n) is 2.67. The predicted molar refractivity (Wildman–Crippen MR) is 51.1 cm³/mol. The third-order valence-corrected chi connectivity index (χ3v) is 3.28. The first-order chi connectivity index (χ1) is 5.77. The molecule has 0 saturated carbocycles. The predicted octanol–water partition coefficient (Wildman–Crippen LogP) is 0.840. The van der Waals surface area contributed by atoms with Crippen LogP contribution < -0.4 is 10.6 Å². The normalized spacial score (nSPS) is 40.8. The smallest absolute Gasteiger partial charge is 0.0114 e. The Hall–Kier alpha value is -0.0800. The van der Waals surface area contributed by atoms with E-state index in [0.29, 0.717) is 0 Å². The van der Waals surface area contributed by atoms with Crippen LogP contribution in [0.5, 0.6) is 0 Å². The maximum Gasteiger partial charge on any atom is 0.0114 e. The van der Waals surface area contributed by atoms with E-state index in [1.165, 1.54) is 26.1 Å². The van der Waals surface area contributed by atoms with Gasteiger partial charge in [-0.2, -0.15) is 0 Å². The lowest BCUT2D eigenvalue weighted by Crippen LogP contribution is -2.31. The van der Waals surface area contributed by atoms with Crippen LogP contribution in [-0.2, 0) is 0 Å². The highest BCUT2D eigenvalue weighted by Gasteiger charge is 2.38. The first-order valence-corrected chi connectivity index (χ1v) is 5.21. The molecule has 0 radical (unpaired) electrons. The van der Waals surface area contributed by atoms with Gasteiger partial charge in [-0.15, -0.1) is 0 Å². The van der Waals surface area contributed by atoms with E-state index in [-0.39, 0.29) is 0 Å². The summed E-state index contributed by atoms with van der Waals surface area (Å²) in [5.41, 5.74) is 0. The molecule has 0 aromatic heterocycles. The van der Waals surface area contributed by atoms with Gasteiger partial charge in [-0.25, -0.2) is 0 Å². The number of hydrogen-bond donors (Lipinski definition) is 2. The minimum atomic E-state index is 0.796. The van der Waals surface area contributed by atoms with Gasteiger partial charge < -0.3 is 10.6 Å². The van der Waals surface area contributed by atoms with Crippen LogP contribution in [0.2, 0.25) is 0 Å². The monoisotopic (exact) mass is 168 g/mol. The van der Waals surface area contributed by atoms with E-state index >= 15 is 0 Å². The summed E-state index contributed by atoms with van der Waals surface area (Å²) in [4.78, 5) is 0. The van der Waals surface area contributed by atoms with Crippen LogP contribution in [-0.4, -0.2) is 25.7 Å². The largest absolute Gasteiger partial charge is 0.316 e. The fraction of sp³-hybridized carbons (Fsp3) is 1.00. The van der Waals surface area contributed by atoms with Gasteiger partial charge in [0.2, 0.25) is 0 Å². The highest BCUT2D eigenvalue weighted by Crippen LogP contribution is 2.28. The lowest BCUT2D eigenvalue weighted by molar-refractivity contribution is 0.373. The molecule has 2 aliphatic heterocycles. The molecule has 0 aromatic carbocycles. The van der Waals surface area contributed by atoms with Crippen LogP contribution in [0.15, 0.2) is 0 Å². The van der Waals surface area contributed by atoms with Gasteiger partial charge in [-0.1, -0.05) is 13.8 Å². The molecule has 12 heavy (non-hydrogen) atoms. The van der Waals surface area contributed by atoms with Gasteiger partial charge in [-0.05, 0) is 43.8 Å². The summed E-state index contributed by atoms with van der Waals surface area (Å²) >= 11 is 0.